The fraction of sp³-hybridized carbons (Fsp3) is 0.400. The zero-order valence-electron chi connectivity index (χ0n) is 21.3. The van der Waals surface area contributed by atoms with Gasteiger partial charge in [0.25, 0.3) is 10.0 Å². The molecule has 1 unspecified atom stereocenters. The van der Waals surface area contributed by atoms with Crippen molar-refractivity contribution in [3.05, 3.63) is 90.0 Å². The van der Waals surface area contributed by atoms with Crippen LogP contribution in [-0.4, -0.2) is 45.0 Å². The van der Waals surface area contributed by atoms with E-state index in [0.717, 1.165) is 38.0 Å². The number of sulfonamides is 1. The molecule has 0 amide bonds. The minimum Gasteiger partial charge on any atom is -0.369 e. The second kappa shape index (κ2) is 10.7. The number of piperazine rings is 1. The van der Waals surface area contributed by atoms with Crippen LogP contribution in [-0.2, 0) is 10.0 Å². The number of hydrogen-bond donors (Lipinski definition) is 1. The highest BCUT2D eigenvalue weighted by Gasteiger charge is 2.32. The lowest BCUT2D eigenvalue weighted by molar-refractivity contribution is 0.0965. The number of hydrogen-bond acceptors (Lipinski definition) is 4. The van der Waals surface area contributed by atoms with Crippen LogP contribution in [0.2, 0.25) is 0 Å². The summed E-state index contributed by atoms with van der Waals surface area (Å²) >= 11 is 0. The van der Waals surface area contributed by atoms with E-state index < -0.39 is 10.0 Å². The van der Waals surface area contributed by atoms with Crippen molar-refractivity contribution in [2.45, 2.75) is 62.4 Å². The van der Waals surface area contributed by atoms with Crippen LogP contribution in [0, 0.1) is 6.92 Å². The Bertz CT molecular complexity index is 1270. The maximum absolute atomic E-state index is 13.0. The fourth-order valence-corrected chi connectivity index (χ4v) is 7.35. The molecule has 0 bridgehead atoms. The van der Waals surface area contributed by atoms with E-state index in [0.29, 0.717) is 28.6 Å². The molecule has 2 aliphatic rings. The first kappa shape index (κ1) is 24.8. The van der Waals surface area contributed by atoms with Gasteiger partial charge in [0.15, 0.2) is 0 Å². The van der Waals surface area contributed by atoms with E-state index in [1.807, 2.05) is 37.3 Å². The molecule has 190 valence electrons. The van der Waals surface area contributed by atoms with Gasteiger partial charge >= 0.3 is 0 Å². The first-order valence-corrected chi connectivity index (χ1v) is 14.6. The summed E-state index contributed by atoms with van der Waals surface area (Å²) in [6, 6.07) is 27.0. The highest BCUT2D eigenvalue weighted by atomic mass is 32.2. The van der Waals surface area contributed by atoms with Crippen molar-refractivity contribution in [3.8, 4) is 0 Å². The van der Waals surface area contributed by atoms with Crippen molar-refractivity contribution in [1.29, 1.82) is 0 Å². The van der Waals surface area contributed by atoms with Crippen molar-refractivity contribution in [2.75, 3.05) is 29.3 Å². The van der Waals surface area contributed by atoms with Gasteiger partial charge in [0.2, 0.25) is 0 Å². The second-order valence-electron chi connectivity index (χ2n) is 10.4. The summed E-state index contributed by atoms with van der Waals surface area (Å²) in [6.07, 6.45) is 4.67. The summed E-state index contributed by atoms with van der Waals surface area (Å²) in [4.78, 5) is 5.57. The lowest BCUT2D eigenvalue weighted by atomic mass is 9.80. The molecule has 2 fully saturated rings. The van der Waals surface area contributed by atoms with Crippen LogP contribution in [0.4, 0.5) is 11.4 Å². The molecule has 1 heterocycles. The van der Waals surface area contributed by atoms with Crippen molar-refractivity contribution < 1.29 is 8.42 Å². The predicted octanol–water partition coefficient (Wildman–Crippen LogP) is 6.03. The summed E-state index contributed by atoms with van der Waals surface area (Å²) in [6.45, 7) is 7.46. The molecule has 1 saturated carbocycles. The zero-order chi connectivity index (χ0) is 25.1. The molecule has 0 aromatic heterocycles. The van der Waals surface area contributed by atoms with Gasteiger partial charge in [0.05, 0.1) is 4.90 Å². The predicted molar refractivity (Wildman–Crippen MR) is 148 cm³/mol. The molecule has 0 spiro atoms. The van der Waals surface area contributed by atoms with Crippen LogP contribution in [0.15, 0.2) is 83.8 Å². The van der Waals surface area contributed by atoms with Gasteiger partial charge in [-0.05, 0) is 86.9 Å². The van der Waals surface area contributed by atoms with Crippen LogP contribution < -0.4 is 9.62 Å². The van der Waals surface area contributed by atoms with Crippen molar-refractivity contribution in [1.82, 2.24) is 4.90 Å². The van der Waals surface area contributed by atoms with E-state index in [-0.39, 0.29) is 0 Å². The van der Waals surface area contributed by atoms with Crippen LogP contribution in [0.5, 0.6) is 0 Å². The van der Waals surface area contributed by atoms with E-state index in [4.69, 9.17) is 0 Å². The van der Waals surface area contributed by atoms with E-state index in [1.54, 1.807) is 12.1 Å². The van der Waals surface area contributed by atoms with Crippen LogP contribution in [0.25, 0.3) is 0 Å². The molecule has 1 aliphatic carbocycles. The smallest absolute Gasteiger partial charge is 0.262 e. The molecule has 3 aromatic rings. The average Bonchev–Trinajstić information content (AvgIpc) is 2.89. The Morgan fingerprint density at radius 1 is 0.833 bits per heavy atom. The van der Waals surface area contributed by atoms with Gasteiger partial charge in [-0.15, -0.1) is 0 Å². The first-order valence-electron chi connectivity index (χ1n) is 13.1. The second-order valence-corrected chi connectivity index (χ2v) is 12.0. The SMILES string of the molecule is Cc1ccccc1S(=O)(=O)Nc1cccc(C2CCC(N3CCN(c4ccccc4)CC3C)CC2)c1. The van der Waals surface area contributed by atoms with E-state index in [2.05, 4.69) is 57.8 Å². The van der Waals surface area contributed by atoms with Crippen molar-refractivity contribution in [2.24, 2.45) is 0 Å². The Kier molecular flexibility index (Phi) is 7.35. The minimum absolute atomic E-state index is 0.331. The Balaban J connectivity index is 1.19. The number of nitrogens with one attached hydrogen (secondary N) is 1. The third-order valence-corrected chi connectivity index (χ3v) is 9.50. The molecule has 1 N–H and O–H groups in total. The van der Waals surface area contributed by atoms with Gasteiger partial charge in [0, 0.05) is 43.1 Å². The Morgan fingerprint density at radius 3 is 2.28 bits per heavy atom. The Hall–Kier alpha value is -2.83. The molecule has 3 aromatic carbocycles. The van der Waals surface area contributed by atoms with E-state index in [1.165, 1.54) is 24.1 Å². The highest BCUT2D eigenvalue weighted by molar-refractivity contribution is 7.92. The zero-order valence-corrected chi connectivity index (χ0v) is 22.1. The molecule has 1 atom stereocenters. The van der Waals surface area contributed by atoms with Crippen LogP contribution in [0.3, 0.4) is 0 Å². The fourth-order valence-electron chi connectivity index (χ4n) is 6.05. The Labute approximate surface area is 216 Å². The highest BCUT2D eigenvalue weighted by Crippen LogP contribution is 2.37. The largest absolute Gasteiger partial charge is 0.369 e. The number of benzene rings is 3. The summed E-state index contributed by atoms with van der Waals surface area (Å²) < 4.78 is 28.7. The molecule has 6 heteroatoms. The topological polar surface area (TPSA) is 52.7 Å². The molecule has 0 radical (unpaired) electrons. The number of anilines is 2. The molecule has 5 rings (SSSR count). The lowest BCUT2D eigenvalue weighted by Crippen LogP contribution is -2.56. The molecule has 5 nitrogen and oxygen atoms in total. The van der Waals surface area contributed by atoms with Crippen LogP contribution >= 0.6 is 0 Å². The molecular formula is C30H37N3O2S. The van der Waals surface area contributed by atoms with Gasteiger partial charge < -0.3 is 4.90 Å². The quantitative estimate of drug-likeness (QED) is 0.446. The molecule has 1 saturated heterocycles. The number of para-hydroxylation sites is 1. The standard InChI is InChI=1S/C30H37N3O2S/c1-23-9-6-7-14-30(23)36(34,35)31-27-11-8-10-26(21-27)25-15-17-29(18-16-25)33-20-19-32(22-24(33)2)28-12-4-3-5-13-28/h3-14,21,24-25,29,31H,15-20,22H2,1-2H3. The summed E-state index contributed by atoms with van der Waals surface area (Å²) in [5.74, 6) is 0.477. The molecule has 36 heavy (non-hydrogen) atoms. The first-order chi connectivity index (χ1) is 17.4. The summed E-state index contributed by atoms with van der Waals surface area (Å²) in [5.41, 5.74) is 3.95. The summed E-state index contributed by atoms with van der Waals surface area (Å²) in [7, 11) is -3.61. The van der Waals surface area contributed by atoms with Crippen molar-refractivity contribution >= 4 is 21.4 Å². The Morgan fingerprint density at radius 2 is 1.56 bits per heavy atom. The number of nitrogens with zero attached hydrogens (tertiary/aromatic N) is 2. The van der Waals surface area contributed by atoms with E-state index in [9.17, 15) is 8.42 Å². The normalized spacial score (nSPS) is 23.4. The summed E-state index contributed by atoms with van der Waals surface area (Å²) in [5, 5.41) is 0. The molecule has 1 aliphatic heterocycles. The van der Waals surface area contributed by atoms with Gasteiger partial charge in [0.1, 0.15) is 0 Å². The maximum Gasteiger partial charge on any atom is 0.262 e. The van der Waals surface area contributed by atoms with Gasteiger partial charge in [-0.2, -0.15) is 0 Å². The van der Waals surface area contributed by atoms with E-state index >= 15 is 0 Å². The lowest BCUT2D eigenvalue weighted by Gasteiger charge is -2.46. The van der Waals surface area contributed by atoms with Crippen LogP contribution in [0.1, 0.15) is 49.7 Å². The third-order valence-electron chi connectivity index (χ3n) is 7.96. The maximum atomic E-state index is 13.0. The van der Waals surface area contributed by atoms with Crippen molar-refractivity contribution in [3.63, 3.8) is 0 Å². The van der Waals surface area contributed by atoms with Gasteiger partial charge in [-0.3, -0.25) is 9.62 Å². The third kappa shape index (κ3) is 5.45. The average molecular weight is 504 g/mol. The number of aryl methyl sites for hydroxylation is 1. The molecular weight excluding hydrogens is 466 g/mol. The minimum atomic E-state index is -3.61. The monoisotopic (exact) mass is 503 g/mol. The van der Waals surface area contributed by atoms with Gasteiger partial charge in [-0.1, -0.05) is 48.5 Å². The number of rotatable bonds is 6. The van der Waals surface area contributed by atoms with Gasteiger partial charge in [-0.25, -0.2) is 8.42 Å².